The lowest BCUT2D eigenvalue weighted by molar-refractivity contribution is 0.145. The van der Waals surface area contributed by atoms with Gasteiger partial charge in [0.2, 0.25) is 0 Å². The Morgan fingerprint density at radius 3 is 2.67 bits per heavy atom. The van der Waals surface area contributed by atoms with Crippen molar-refractivity contribution in [3.63, 3.8) is 0 Å². The number of aromatic nitrogens is 4. The predicted octanol–water partition coefficient (Wildman–Crippen LogP) is 5.46. The van der Waals surface area contributed by atoms with Crippen LogP contribution in [0.25, 0.3) is 28.7 Å². The van der Waals surface area contributed by atoms with Crippen LogP contribution >= 0.6 is 0 Å². The molecule has 9 heteroatoms. The van der Waals surface area contributed by atoms with E-state index in [1.807, 2.05) is 41.3 Å². The van der Waals surface area contributed by atoms with Gasteiger partial charge in [-0.1, -0.05) is 18.2 Å². The van der Waals surface area contributed by atoms with Crippen LogP contribution in [0.5, 0.6) is 0 Å². The molecule has 0 amide bonds. The van der Waals surface area contributed by atoms with Crippen LogP contribution in [-0.4, -0.2) is 61.5 Å². The number of pyridine rings is 2. The number of piperidine rings is 1. The summed E-state index contributed by atoms with van der Waals surface area (Å²) in [6.07, 6.45) is 10.2. The molecule has 6 rings (SSSR count). The molecule has 2 saturated heterocycles. The Kier molecular flexibility index (Phi) is 7.37. The summed E-state index contributed by atoms with van der Waals surface area (Å²) in [6.45, 7) is 2.34. The second-order valence-electron chi connectivity index (χ2n) is 10.3. The van der Waals surface area contributed by atoms with E-state index >= 15 is 0 Å². The maximum absolute atomic E-state index is 13.8. The Bertz CT molecular complexity index is 1530. The van der Waals surface area contributed by atoms with Crippen molar-refractivity contribution < 1.29 is 9.50 Å². The molecule has 0 unspecified atom stereocenters. The lowest BCUT2D eigenvalue weighted by atomic mass is 10.0. The van der Waals surface area contributed by atoms with Crippen molar-refractivity contribution in [1.82, 2.24) is 24.8 Å². The lowest BCUT2D eigenvalue weighted by Gasteiger charge is -2.30. The van der Waals surface area contributed by atoms with Crippen molar-refractivity contribution in [1.29, 1.82) is 5.41 Å². The average molecular weight is 538 g/mol. The van der Waals surface area contributed by atoms with Crippen LogP contribution in [0.4, 0.5) is 10.2 Å². The number of H-pyrrole nitrogens is 1. The molecule has 2 aliphatic heterocycles. The van der Waals surface area contributed by atoms with Crippen LogP contribution in [-0.2, 0) is 0 Å². The maximum atomic E-state index is 13.8. The fourth-order valence-corrected chi connectivity index (χ4v) is 5.51. The fourth-order valence-electron chi connectivity index (χ4n) is 5.51. The zero-order valence-corrected chi connectivity index (χ0v) is 22.2. The smallest absolute Gasteiger partial charge is 0.130 e. The topological polar surface area (TPSA) is 105 Å². The highest BCUT2D eigenvalue weighted by Gasteiger charge is 2.27. The van der Waals surface area contributed by atoms with Gasteiger partial charge in [-0.3, -0.25) is 5.41 Å². The monoisotopic (exact) mass is 537 g/mol. The number of imidazole rings is 1. The Labute approximate surface area is 232 Å². The molecule has 40 heavy (non-hydrogen) atoms. The first-order chi connectivity index (χ1) is 19.5. The maximum Gasteiger partial charge on any atom is 0.130 e. The number of halogens is 1. The van der Waals surface area contributed by atoms with Crippen LogP contribution in [0.1, 0.15) is 43.1 Å². The highest BCUT2D eigenvalue weighted by Crippen LogP contribution is 2.32. The van der Waals surface area contributed by atoms with Crippen molar-refractivity contribution in [2.45, 2.75) is 37.8 Å². The van der Waals surface area contributed by atoms with Crippen molar-refractivity contribution in [3.05, 3.63) is 90.3 Å². The van der Waals surface area contributed by atoms with Gasteiger partial charge in [-0.25, -0.2) is 19.3 Å². The summed E-state index contributed by atoms with van der Waals surface area (Å²) in [5.74, 6) is 1.65. The molecule has 3 aromatic heterocycles. The number of amidine groups is 1. The summed E-state index contributed by atoms with van der Waals surface area (Å²) in [7, 11) is 0. The molecule has 4 aromatic rings. The summed E-state index contributed by atoms with van der Waals surface area (Å²) in [4.78, 5) is 21.4. The molecule has 0 radical (unpaired) electrons. The molecule has 1 atom stereocenters. The van der Waals surface area contributed by atoms with Gasteiger partial charge < -0.3 is 19.9 Å². The third-order valence-corrected chi connectivity index (χ3v) is 7.65. The van der Waals surface area contributed by atoms with Gasteiger partial charge in [0.15, 0.2) is 0 Å². The highest BCUT2D eigenvalue weighted by molar-refractivity contribution is 5.94. The van der Waals surface area contributed by atoms with Gasteiger partial charge in [0.05, 0.1) is 35.4 Å². The number of nitrogens with one attached hydrogen (secondary N) is 2. The number of rotatable bonds is 6. The van der Waals surface area contributed by atoms with E-state index < -0.39 is 0 Å². The summed E-state index contributed by atoms with van der Waals surface area (Å²) in [5.41, 5.74) is 4.27. The first kappa shape index (κ1) is 25.9. The lowest BCUT2D eigenvalue weighted by Crippen LogP contribution is -2.36. The Balaban J connectivity index is 1.15. The van der Waals surface area contributed by atoms with Gasteiger partial charge in [0, 0.05) is 31.4 Å². The Hall–Kier alpha value is -4.37. The first-order valence-corrected chi connectivity index (χ1v) is 13.7. The predicted molar refractivity (Wildman–Crippen MR) is 154 cm³/mol. The molecule has 204 valence electrons. The zero-order chi connectivity index (χ0) is 27.5. The zero-order valence-electron chi connectivity index (χ0n) is 22.2. The SMILES string of the molecule is N=C(/C=C\c1ncc(-c2cccc(-c3ccnc(N4CCC(O)CC4)c3)n2)[nH]1)N1CCC[C@H]1c1cccc(F)c1. The fraction of sp³-hybridized carbons (Fsp3) is 0.290. The third-order valence-electron chi connectivity index (χ3n) is 7.65. The molecule has 2 aliphatic rings. The van der Waals surface area contributed by atoms with E-state index in [1.54, 1.807) is 36.7 Å². The minimum absolute atomic E-state index is 0.00200. The van der Waals surface area contributed by atoms with Gasteiger partial charge in [-0.05, 0) is 79.8 Å². The minimum Gasteiger partial charge on any atom is -0.393 e. The van der Waals surface area contributed by atoms with Gasteiger partial charge in [0.1, 0.15) is 23.3 Å². The summed E-state index contributed by atoms with van der Waals surface area (Å²) in [5, 5.41) is 18.5. The van der Waals surface area contributed by atoms with Gasteiger partial charge in [-0.2, -0.15) is 0 Å². The standard InChI is InChI=1S/C31H32FN7O/c32-23-5-1-4-22(18-23)28-8-3-15-39(28)29(33)9-10-30-35-20-27(37-30)26-7-2-6-25(36-26)21-11-14-34-31(19-21)38-16-12-24(40)13-17-38/h1-2,4-7,9-11,14,18-20,24,28,33,40H,3,8,12-13,15-17H2,(H,35,37)/b10-9-,33-29?/t28-/m0/s1. The van der Waals surface area contributed by atoms with E-state index in [2.05, 4.69) is 19.9 Å². The van der Waals surface area contributed by atoms with Crippen LogP contribution in [0, 0.1) is 11.2 Å². The second-order valence-corrected chi connectivity index (χ2v) is 10.3. The number of aliphatic hydroxyl groups is 1. The minimum atomic E-state index is -0.251. The van der Waals surface area contributed by atoms with Crippen molar-refractivity contribution in [2.24, 2.45) is 0 Å². The number of anilines is 1. The largest absolute Gasteiger partial charge is 0.393 e. The van der Waals surface area contributed by atoms with E-state index in [9.17, 15) is 9.50 Å². The number of likely N-dealkylation sites (tertiary alicyclic amines) is 1. The number of aromatic amines is 1. The van der Waals surface area contributed by atoms with Crippen LogP contribution in [0.2, 0.25) is 0 Å². The van der Waals surface area contributed by atoms with E-state index in [1.165, 1.54) is 6.07 Å². The van der Waals surface area contributed by atoms with Crippen LogP contribution in [0.15, 0.2) is 73.1 Å². The van der Waals surface area contributed by atoms with E-state index in [-0.39, 0.29) is 18.0 Å². The van der Waals surface area contributed by atoms with E-state index in [4.69, 9.17) is 10.4 Å². The molecule has 8 nitrogen and oxygen atoms in total. The number of aliphatic hydroxyl groups excluding tert-OH is 1. The number of nitrogens with zero attached hydrogens (tertiary/aromatic N) is 5. The summed E-state index contributed by atoms with van der Waals surface area (Å²) >= 11 is 0. The Morgan fingerprint density at radius 2 is 1.82 bits per heavy atom. The molecule has 2 fully saturated rings. The summed E-state index contributed by atoms with van der Waals surface area (Å²) in [6, 6.07) is 16.6. The van der Waals surface area contributed by atoms with E-state index in [0.717, 1.165) is 79.3 Å². The molecular weight excluding hydrogens is 505 g/mol. The van der Waals surface area contributed by atoms with Crippen molar-refractivity contribution >= 4 is 17.7 Å². The van der Waals surface area contributed by atoms with Crippen LogP contribution < -0.4 is 4.90 Å². The van der Waals surface area contributed by atoms with E-state index in [0.29, 0.717) is 11.7 Å². The average Bonchev–Trinajstić information content (AvgIpc) is 3.67. The molecule has 5 heterocycles. The van der Waals surface area contributed by atoms with Crippen molar-refractivity contribution in [3.8, 4) is 22.6 Å². The van der Waals surface area contributed by atoms with Gasteiger partial charge in [0.25, 0.3) is 0 Å². The Morgan fingerprint density at radius 1 is 1.00 bits per heavy atom. The molecule has 0 spiro atoms. The molecule has 0 bridgehead atoms. The highest BCUT2D eigenvalue weighted by atomic mass is 19.1. The summed E-state index contributed by atoms with van der Waals surface area (Å²) < 4.78 is 13.8. The number of benzene rings is 1. The third kappa shape index (κ3) is 5.65. The number of hydrogen-bond acceptors (Lipinski definition) is 6. The molecular formula is C31H32FN7O. The first-order valence-electron chi connectivity index (χ1n) is 13.7. The molecule has 1 aromatic carbocycles. The molecule has 0 aliphatic carbocycles. The van der Waals surface area contributed by atoms with Crippen molar-refractivity contribution in [2.75, 3.05) is 24.5 Å². The normalized spacial score (nSPS) is 18.1. The quantitative estimate of drug-likeness (QED) is 0.223. The van der Waals surface area contributed by atoms with Gasteiger partial charge >= 0.3 is 0 Å². The number of hydrogen-bond donors (Lipinski definition) is 3. The van der Waals surface area contributed by atoms with Crippen LogP contribution in [0.3, 0.4) is 0 Å². The van der Waals surface area contributed by atoms with Gasteiger partial charge in [-0.15, -0.1) is 0 Å². The molecule has 0 saturated carbocycles. The second kappa shape index (κ2) is 11.4. The molecule has 3 N–H and O–H groups in total.